The van der Waals surface area contributed by atoms with E-state index in [1.165, 1.54) is 12.1 Å². The highest BCUT2D eigenvalue weighted by Gasteiger charge is 2.57. The fourth-order valence-corrected chi connectivity index (χ4v) is 3.40. The lowest BCUT2D eigenvalue weighted by Crippen LogP contribution is -2.32. The molecule has 2 saturated carbocycles. The third kappa shape index (κ3) is 1.89. The molecule has 2 aliphatic rings. The Morgan fingerprint density at radius 2 is 1.78 bits per heavy atom. The molecule has 0 saturated heterocycles. The van der Waals surface area contributed by atoms with Gasteiger partial charge < -0.3 is 5.11 Å². The van der Waals surface area contributed by atoms with Crippen molar-refractivity contribution in [2.45, 2.75) is 25.7 Å². The summed E-state index contributed by atoms with van der Waals surface area (Å²) >= 11 is 0. The largest absolute Gasteiger partial charge is 0.481 e. The molecule has 1 aromatic rings. The summed E-state index contributed by atoms with van der Waals surface area (Å²) in [5, 5.41) is 9.41. The van der Waals surface area contributed by atoms with E-state index in [9.17, 15) is 18.7 Å². The van der Waals surface area contributed by atoms with Gasteiger partial charge in [-0.3, -0.25) is 4.79 Å². The highest BCUT2D eigenvalue weighted by atomic mass is 19.1. The van der Waals surface area contributed by atoms with E-state index in [4.69, 9.17) is 0 Å². The maximum absolute atomic E-state index is 13.1. The highest BCUT2D eigenvalue weighted by molar-refractivity contribution is 5.76. The minimum absolute atomic E-state index is 0.226. The van der Waals surface area contributed by atoms with Crippen LogP contribution in [0.4, 0.5) is 8.78 Å². The molecule has 2 atom stereocenters. The smallest absolute Gasteiger partial charge is 0.309 e. The van der Waals surface area contributed by atoms with Gasteiger partial charge in [0.2, 0.25) is 0 Å². The van der Waals surface area contributed by atoms with E-state index in [1.807, 2.05) is 0 Å². The molecule has 0 amide bonds. The quantitative estimate of drug-likeness (QED) is 0.897. The second kappa shape index (κ2) is 3.77. The van der Waals surface area contributed by atoms with Crippen molar-refractivity contribution in [1.82, 2.24) is 0 Å². The Morgan fingerprint density at radius 1 is 1.22 bits per heavy atom. The number of benzene rings is 1. The number of fused-ring (bicyclic) bond motifs is 1. The number of carboxylic acid groups (broad SMARTS) is 1. The van der Waals surface area contributed by atoms with Crippen molar-refractivity contribution in [2.75, 3.05) is 0 Å². The molecule has 18 heavy (non-hydrogen) atoms. The first-order chi connectivity index (χ1) is 8.48. The van der Waals surface area contributed by atoms with Gasteiger partial charge in [0, 0.05) is 6.07 Å². The summed E-state index contributed by atoms with van der Waals surface area (Å²) in [6.07, 6.45) is 2.63. The molecule has 0 aliphatic heterocycles. The number of carbonyl (C=O) groups is 1. The molecule has 0 aromatic heterocycles. The molecular formula is C14H14F2O2. The van der Waals surface area contributed by atoms with E-state index in [0.717, 1.165) is 12.5 Å². The number of carboxylic acids is 1. The van der Waals surface area contributed by atoms with Gasteiger partial charge in [0.15, 0.2) is 0 Å². The first-order valence-electron chi connectivity index (χ1n) is 6.17. The van der Waals surface area contributed by atoms with Crippen molar-refractivity contribution in [1.29, 1.82) is 0 Å². The number of halogens is 2. The molecule has 96 valence electrons. The Kier molecular flexibility index (Phi) is 2.44. The molecule has 1 aromatic carbocycles. The summed E-state index contributed by atoms with van der Waals surface area (Å²) in [7, 11) is 0. The lowest BCUT2D eigenvalue weighted by atomic mass is 9.77. The van der Waals surface area contributed by atoms with Crippen LogP contribution in [-0.2, 0) is 11.2 Å². The topological polar surface area (TPSA) is 37.3 Å². The van der Waals surface area contributed by atoms with Crippen LogP contribution in [0.2, 0.25) is 0 Å². The number of hydrogen-bond donors (Lipinski definition) is 1. The Labute approximate surface area is 104 Å². The van der Waals surface area contributed by atoms with Crippen molar-refractivity contribution in [3.05, 3.63) is 35.4 Å². The molecule has 0 spiro atoms. The van der Waals surface area contributed by atoms with Gasteiger partial charge in [-0.25, -0.2) is 8.78 Å². The molecule has 2 fully saturated rings. The van der Waals surface area contributed by atoms with Gasteiger partial charge in [0.1, 0.15) is 11.6 Å². The number of hydrogen-bond acceptors (Lipinski definition) is 1. The van der Waals surface area contributed by atoms with Crippen molar-refractivity contribution in [2.24, 2.45) is 17.3 Å². The minimum atomic E-state index is -0.834. The van der Waals surface area contributed by atoms with Gasteiger partial charge in [-0.05, 0) is 55.2 Å². The molecule has 4 heteroatoms. The molecule has 3 rings (SSSR count). The van der Waals surface area contributed by atoms with Crippen molar-refractivity contribution < 1.29 is 18.7 Å². The number of rotatable bonds is 3. The van der Waals surface area contributed by atoms with Crippen LogP contribution in [0.15, 0.2) is 18.2 Å². The predicted molar refractivity (Wildman–Crippen MR) is 61.0 cm³/mol. The zero-order chi connectivity index (χ0) is 12.9. The van der Waals surface area contributed by atoms with Crippen LogP contribution in [-0.4, -0.2) is 11.1 Å². The van der Waals surface area contributed by atoms with E-state index < -0.39 is 23.0 Å². The lowest BCUT2D eigenvalue weighted by molar-refractivity contribution is -0.149. The second-order valence-electron chi connectivity index (χ2n) is 5.70. The van der Waals surface area contributed by atoms with E-state index in [2.05, 4.69) is 0 Å². The molecule has 0 bridgehead atoms. The minimum Gasteiger partial charge on any atom is -0.481 e. The van der Waals surface area contributed by atoms with Crippen LogP contribution in [0, 0.1) is 28.9 Å². The standard InChI is InChI=1S/C14H14F2O2/c15-11-1-8(2-12(16)4-11)5-14(13(17)18)6-9-3-10(9)7-14/h1-2,4,9-10H,3,5-7H2,(H,17,18). The summed E-state index contributed by atoms with van der Waals surface area (Å²) in [4.78, 5) is 11.5. The normalized spacial score (nSPS) is 33.2. The van der Waals surface area contributed by atoms with E-state index in [-0.39, 0.29) is 6.42 Å². The molecule has 0 heterocycles. The van der Waals surface area contributed by atoms with Crippen LogP contribution < -0.4 is 0 Å². The average Bonchev–Trinajstić information content (AvgIpc) is 2.85. The highest BCUT2D eigenvalue weighted by Crippen LogP contribution is 2.60. The first-order valence-corrected chi connectivity index (χ1v) is 6.17. The van der Waals surface area contributed by atoms with E-state index in [1.54, 1.807) is 0 Å². The molecule has 2 aliphatic carbocycles. The van der Waals surface area contributed by atoms with Crippen LogP contribution in [0.1, 0.15) is 24.8 Å². The van der Waals surface area contributed by atoms with Gasteiger partial charge in [0.25, 0.3) is 0 Å². The van der Waals surface area contributed by atoms with Crippen LogP contribution in [0.5, 0.6) is 0 Å². The third-order valence-corrected chi connectivity index (χ3v) is 4.29. The van der Waals surface area contributed by atoms with Crippen molar-refractivity contribution in [3.63, 3.8) is 0 Å². The first kappa shape index (κ1) is 11.6. The van der Waals surface area contributed by atoms with Crippen molar-refractivity contribution >= 4 is 5.97 Å². The SMILES string of the molecule is O=C(O)C1(Cc2cc(F)cc(F)c2)CC2CC2C1. The zero-order valence-electron chi connectivity index (χ0n) is 9.83. The Hall–Kier alpha value is -1.45. The van der Waals surface area contributed by atoms with Gasteiger partial charge in [0.05, 0.1) is 5.41 Å². The molecule has 2 nitrogen and oxygen atoms in total. The lowest BCUT2D eigenvalue weighted by Gasteiger charge is -2.26. The summed E-state index contributed by atoms with van der Waals surface area (Å²) in [5.41, 5.74) is -0.371. The van der Waals surface area contributed by atoms with Crippen LogP contribution >= 0.6 is 0 Å². The maximum atomic E-state index is 13.1. The predicted octanol–water partition coefficient (Wildman–Crippen LogP) is 3.01. The summed E-state index contributed by atoms with van der Waals surface area (Å²) in [5.74, 6) is -1.10. The maximum Gasteiger partial charge on any atom is 0.309 e. The fraction of sp³-hybridized carbons (Fsp3) is 0.500. The van der Waals surface area contributed by atoms with Gasteiger partial charge in [-0.15, -0.1) is 0 Å². The number of aliphatic carboxylic acids is 1. The van der Waals surface area contributed by atoms with E-state index >= 15 is 0 Å². The average molecular weight is 252 g/mol. The van der Waals surface area contributed by atoms with Gasteiger partial charge in [-0.1, -0.05) is 0 Å². The Morgan fingerprint density at radius 3 is 2.28 bits per heavy atom. The monoisotopic (exact) mass is 252 g/mol. The van der Waals surface area contributed by atoms with Gasteiger partial charge in [-0.2, -0.15) is 0 Å². The Balaban J connectivity index is 1.87. The van der Waals surface area contributed by atoms with E-state index in [0.29, 0.717) is 30.2 Å². The third-order valence-electron chi connectivity index (χ3n) is 4.29. The summed E-state index contributed by atoms with van der Waals surface area (Å²) in [6.45, 7) is 0. The molecule has 2 unspecified atom stereocenters. The fourth-order valence-electron chi connectivity index (χ4n) is 3.40. The second-order valence-corrected chi connectivity index (χ2v) is 5.70. The van der Waals surface area contributed by atoms with Gasteiger partial charge >= 0.3 is 5.97 Å². The summed E-state index contributed by atoms with van der Waals surface area (Å²) in [6, 6.07) is 3.28. The molecular weight excluding hydrogens is 238 g/mol. The van der Waals surface area contributed by atoms with Crippen molar-refractivity contribution in [3.8, 4) is 0 Å². The Bertz CT molecular complexity index is 482. The summed E-state index contributed by atoms with van der Waals surface area (Å²) < 4.78 is 26.3. The van der Waals surface area contributed by atoms with Crippen LogP contribution in [0.3, 0.4) is 0 Å². The molecule has 1 N–H and O–H groups in total. The van der Waals surface area contributed by atoms with Crippen LogP contribution in [0.25, 0.3) is 0 Å². The molecule has 0 radical (unpaired) electrons. The zero-order valence-corrected chi connectivity index (χ0v) is 9.83.